The Labute approximate surface area is 261 Å². The number of nitrogens with one attached hydrogen (secondary N) is 2. The van der Waals surface area contributed by atoms with Crippen molar-refractivity contribution in [2.24, 2.45) is 4.99 Å². The van der Waals surface area contributed by atoms with Crippen molar-refractivity contribution in [2.45, 2.75) is 72.3 Å². The van der Waals surface area contributed by atoms with Crippen LogP contribution in [0.3, 0.4) is 0 Å². The Morgan fingerprint density at radius 1 is 1.23 bits per heavy atom. The van der Waals surface area contributed by atoms with E-state index in [1.807, 2.05) is 19.9 Å². The normalized spacial score (nSPS) is 17.0. The monoisotopic (exact) mass is 615 g/mol. The number of halogens is 2. The molecule has 2 N–H and O–H groups in total. The van der Waals surface area contributed by atoms with Crippen LogP contribution in [0, 0.1) is 12.7 Å². The van der Waals surface area contributed by atoms with Crippen molar-refractivity contribution in [1.29, 1.82) is 0 Å². The minimum absolute atomic E-state index is 0.224. The average Bonchev–Trinajstić information content (AvgIpc) is 3.01. The molecule has 11 heteroatoms. The molecule has 3 heterocycles. The average molecular weight is 616 g/mol. The Morgan fingerprint density at radius 2 is 1.93 bits per heavy atom. The number of aliphatic imine (C=N–C) groups is 1. The number of piperidine rings is 1. The quantitative estimate of drug-likeness (QED) is 0.187. The second kappa shape index (κ2) is 17.3. The number of rotatable bonds is 9. The molecule has 2 aliphatic heterocycles. The van der Waals surface area contributed by atoms with Gasteiger partial charge in [0.2, 0.25) is 12.4 Å². The Balaban J connectivity index is 0.000000480. The molecule has 0 bridgehead atoms. The summed E-state index contributed by atoms with van der Waals surface area (Å²) >= 11 is 6.29. The van der Waals surface area contributed by atoms with E-state index in [0.29, 0.717) is 41.5 Å². The third-order valence-electron chi connectivity index (χ3n) is 7.76. The number of hydrogen-bond acceptors (Lipinski definition) is 7. The van der Waals surface area contributed by atoms with Crippen molar-refractivity contribution < 1.29 is 13.9 Å². The summed E-state index contributed by atoms with van der Waals surface area (Å²) in [5.74, 6) is 1.10. The van der Waals surface area contributed by atoms with Crippen LogP contribution < -0.4 is 10.6 Å². The molecule has 0 atom stereocenters. The highest BCUT2D eigenvalue weighted by Gasteiger charge is 2.22. The molecule has 2 fully saturated rings. The van der Waals surface area contributed by atoms with Crippen LogP contribution in [-0.2, 0) is 9.53 Å². The van der Waals surface area contributed by atoms with Crippen molar-refractivity contribution in [1.82, 2.24) is 19.8 Å². The van der Waals surface area contributed by atoms with Gasteiger partial charge in [0.15, 0.2) is 5.82 Å². The van der Waals surface area contributed by atoms with E-state index in [2.05, 4.69) is 51.3 Å². The van der Waals surface area contributed by atoms with Crippen LogP contribution in [0.4, 0.5) is 21.8 Å². The smallest absolute Gasteiger partial charge is 0.229 e. The second-order valence-electron chi connectivity index (χ2n) is 11.3. The number of amidine groups is 1. The lowest BCUT2D eigenvalue weighted by molar-refractivity contribution is -0.119. The maximum atomic E-state index is 15.0. The van der Waals surface area contributed by atoms with Crippen LogP contribution >= 0.6 is 11.6 Å². The third kappa shape index (κ3) is 10.5. The first-order valence-corrected chi connectivity index (χ1v) is 15.5. The predicted molar refractivity (Wildman–Crippen MR) is 174 cm³/mol. The highest BCUT2D eigenvalue weighted by Crippen LogP contribution is 2.33. The fourth-order valence-electron chi connectivity index (χ4n) is 5.26. The van der Waals surface area contributed by atoms with Crippen molar-refractivity contribution in [3.8, 4) is 0 Å². The maximum absolute atomic E-state index is 15.0. The van der Waals surface area contributed by atoms with Gasteiger partial charge < -0.3 is 20.3 Å². The van der Waals surface area contributed by atoms with E-state index in [9.17, 15) is 4.79 Å². The van der Waals surface area contributed by atoms with Gasteiger partial charge in [0.05, 0.1) is 25.1 Å². The molecule has 2 aromatic rings. The van der Waals surface area contributed by atoms with Crippen LogP contribution in [0.25, 0.3) is 0 Å². The van der Waals surface area contributed by atoms with Crippen LogP contribution in [0.1, 0.15) is 70.4 Å². The zero-order valence-corrected chi connectivity index (χ0v) is 27.2. The molecule has 1 amide bonds. The molecule has 0 aliphatic carbocycles. The van der Waals surface area contributed by atoms with Crippen molar-refractivity contribution in [3.63, 3.8) is 0 Å². The third-order valence-corrected chi connectivity index (χ3v) is 8.03. The fraction of sp³-hybridized carbons (Fsp3) is 0.562. The van der Waals surface area contributed by atoms with E-state index in [1.54, 1.807) is 24.1 Å². The van der Waals surface area contributed by atoms with Gasteiger partial charge in [0, 0.05) is 39.3 Å². The summed E-state index contributed by atoms with van der Waals surface area (Å²) in [4.78, 5) is 28.0. The summed E-state index contributed by atoms with van der Waals surface area (Å²) in [6, 6.07) is 4.04. The van der Waals surface area contributed by atoms with E-state index < -0.39 is 0 Å². The number of carbonyl (C=O) groups excluding carboxylic acids is 1. The predicted octanol–water partition coefficient (Wildman–Crippen LogP) is 6.57. The van der Waals surface area contributed by atoms with Gasteiger partial charge in [-0.25, -0.2) is 9.37 Å². The van der Waals surface area contributed by atoms with Gasteiger partial charge in [0.25, 0.3) is 0 Å². The summed E-state index contributed by atoms with van der Waals surface area (Å²) in [5, 5.41) is 6.44. The summed E-state index contributed by atoms with van der Waals surface area (Å²) in [6.45, 7) is 16.0. The Hall–Kier alpha value is -3.08. The van der Waals surface area contributed by atoms with Crippen molar-refractivity contribution in [2.75, 3.05) is 57.1 Å². The Bertz CT molecular complexity index is 1260. The number of aromatic nitrogens is 2. The summed E-state index contributed by atoms with van der Waals surface area (Å²) < 4.78 is 20.2. The largest absolute Gasteiger partial charge is 0.379 e. The van der Waals surface area contributed by atoms with Crippen LogP contribution in [0.5, 0.6) is 0 Å². The van der Waals surface area contributed by atoms with E-state index in [4.69, 9.17) is 16.3 Å². The number of aryl methyl sites for hydroxylation is 1. The number of amides is 1. The fourth-order valence-corrected chi connectivity index (χ4v) is 5.39. The highest BCUT2D eigenvalue weighted by atomic mass is 35.5. The molecule has 236 valence electrons. The van der Waals surface area contributed by atoms with Gasteiger partial charge in [-0.2, -0.15) is 4.98 Å². The van der Waals surface area contributed by atoms with E-state index in [-0.39, 0.29) is 17.7 Å². The number of ether oxygens (including phenoxy) is 1. The number of morpholine rings is 1. The minimum atomic E-state index is -0.375. The Morgan fingerprint density at radius 3 is 2.51 bits per heavy atom. The molecule has 2 aliphatic rings. The van der Waals surface area contributed by atoms with E-state index >= 15 is 4.39 Å². The summed E-state index contributed by atoms with van der Waals surface area (Å²) in [5.41, 5.74) is 3.44. The molecule has 1 aromatic carbocycles. The maximum Gasteiger partial charge on any atom is 0.229 e. The molecule has 0 spiro atoms. The molecule has 4 rings (SSSR count). The SMILES string of the molecule is CC(C)N1CCOCC1.CCC/C(C)=C\C(=NC)Nc1nc(Nc2cc(C)c(C3CCN(C=O)CC3)cc2F)ncc1Cl. The number of nitrogens with zero attached hydrogens (tertiary/aromatic N) is 5. The number of hydrogen-bond donors (Lipinski definition) is 2. The zero-order chi connectivity index (χ0) is 31.4. The lowest BCUT2D eigenvalue weighted by Gasteiger charge is -2.30. The van der Waals surface area contributed by atoms with Crippen LogP contribution in [-0.4, -0.2) is 84.5 Å². The van der Waals surface area contributed by atoms with Crippen LogP contribution in [0.2, 0.25) is 5.02 Å². The summed E-state index contributed by atoms with van der Waals surface area (Å²) in [7, 11) is 1.69. The van der Waals surface area contributed by atoms with Crippen molar-refractivity contribution >= 4 is 41.3 Å². The molecule has 2 saturated heterocycles. The molecule has 0 saturated carbocycles. The second-order valence-corrected chi connectivity index (χ2v) is 11.7. The standard InChI is InChI=1S/C25H32ClFN6O.C7H15NO/c1-5-6-16(2)11-23(28-4)31-24-20(26)14-29-25(32-24)30-22-12-17(3)19(13-21(22)27)18-7-9-33(15-34)10-8-18;1-7(2)8-3-5-9-6-4-8/h11-15,18H,5-10H2,1-4H3,(H2,28,29,30,31,32);7H,3-6H2,1-2H3/b16-11-;. The first-order chi connectivity index (χ1) is 20.6. The highest BCUT2D eigenvalue weighted by molar-refractivity contribution is 6.33. The topological polar surface area (TPSA) is 95.0 Å². The molecular weight excluding hydrogens is 569 g/mol. The lowest BCUT2D eigenvalue weighted by atomic mass is 9.86. The molecule has 0 radical (unpaired) electrons. The van der Waals surface area contributed by atoms with Gasteiger partial charge in [-0.1, -0.05) is 30.5 Å². The van der Waals surface area contributed by atoms with Crippen LogP contribution in [0.15, 0.2) is 35.0 Å². The van der Waals surface area contributed by atoms with Gasteiger partial charge in [-0.05, 0) is 82.2 Å². The zero-order valence-electron chi connectivity index (χ0n) is 26.4. The molecule has 1 aromatic heterocycles. The van der Waals surface area contributed by atoms with Gasteiger partial charge in [-0.3, -0.25) is 14.7 Å². The first-order valence-electron chi connectivity index (χ1n) is 15.2. The van der Waals surface area contributed by atoms with Crippen molar-refractivity contribution in [3.05, 3.63) is 51.9 Å². The van der Waals surface area contributed by atoms with E-state index in [0.717, 1.165) is 69.5 Å². The number of anilines is 3. The number of benzene rings is 1. The first kappa shape index (κ1) is 34.4. The minimum Gasteiger partial charge on any atom is -0.379 e. The van der Waals surface area contributed by atoms with Gasteiger partial charge >= 0.3 is 0 Å². The van der Waals surface area contributed by atoms with Gasteiger partial charge in [-0.15, -0.1) is 0 Å². The number of likely N-dealkylation sites (tertiary alicyclic amines) is 1. The number of carbonyl (C=O) groups is 1. The molecule has 9 nitrogen and oxygen atoms in total. The number of allylic oxidation sites excluding steroid dienone is 1. The molecule has 43 heavy (non-hydrogen) atoms. The molecule has 0 unspecified atom stereocenters. The Kier molecular flexibility index (Phi) is 13.8. The molecular formula is C32H47ClFN7O2. The van der Waals surface area contributed by atoms with E-state index in [1.165, 1.54) is 11.8 Å². The van der Waals surface area contributed by atoms with Gasteiger partial charge in [0.1, 0.15) is 16.7 Å². The summed E-state index contributed by atoms with van der Waals surface area (Å²) in [6.07, 6.45) is 7.97. The lowest BCUT2D eigenvalue weighted by Crippen LogP contribution is -2.40.